The van der Waals surface area contributed by atoms with Crippen LogP contribution in [0.4, 0.5) is 11.6 Å². The van der Waals surface area contributed by atoms with Crippen LogP contribution in [0.5, 0.6) is 0 Å². The first-order valence-corrected chi connectivity index (χ1v) is 10.3. The van der Waals surface area contributed by atoms with Gasteiger partial charge in [0.15, 0.2) is 28.4 Å². The van der Waals surface area contributed by atoms with Gasteiger partial charge in [0.05, 0.1) is 0 Å². The summed E-state index contributed by atoms with van der Waals surface area (Å²) in [4.78, 5) is 22.1. The standard InChI is InChI=1S/C18H31ClN8O2.2ClH/c19-14-16(21)25-15(20)13(24-14)17(29)26-18(22)23-7-2-1-4-12-5-9-27(10-6-12)8-3-11-28;;/h12,28H,1-11H2,(H4,20,21,25)(H3,22,23,26,29);2*1H. The number of aliphatic hydroxyl groups is 1. The summed E-state index contributed by atoms with van der Waals surface area (Å²) in [5.41, 5.74) is 10.9. The van der Waals surface area contributed by atoms with Crippen molar-refractivity contribution in [1.29, 1.82) is 5.41 Å². The molecule has 31 heavy (non-hydrogen) atoms. The number of nitrogens with one attached hydrogen (secondary N) is 3. The van der Waals surface area contributed by atoms with Crippen molar-refractivity contribution in [3.63, 3.8) is 0 Å². The van der Waals surface area contributed by atoms with Gasteiger partial charge in [0.1, 0.15) is 0 Å². The first-order chi connectivity index (χ1) is 13.9. The molecule has 1 fully saturated rings. The van der Waals surface area contributed by atoms with E-state index in [2.05, 4.69) is 25.5 Å². The van der Waals surface area contributed by atoms with Crippen molar-refractivity contribution in [2.45, 2.75) is 38.5 Å². The van der Waals surface area contributed by atoms with Crippen molar-refractivity contribution >= 4 is 59.9 Å². The molecule has 1 aliphatic heterocycles. The number of likely N-dealkylation sites (tertiary alicyclic amines) is 1. The van der Waals surface area contributed by atoms with E-state index < -0.39 is 5.91 Å². The Kier molecular flexibility index (Phi) is 14.5. The minimum absolute atomic E-state index is 0. The number of anilines is 2. The molecule has 1 aromatic rings. The number of carbonyl (C=O) groups is 1. The number of aromatic nitrogens is 2. The van der Waals surface area contributed by atoms with Crippen molar-refractivity contribution in [2.24, 2.45) is 5.92 Å². The van der Waals surface area contributed by atoms with Gasteiger partial charge in [0.2, 0.25) is 0 Å². The maximum absolute atomic E-state index is 12.1. The highest BCUT2D eigenvalue weighted by Crippen LogP contribution is 2.22. The predicted molar refractivity (Wildman–Crippen MR) is 128 cm³/mol. The summed E-state index contributed by atoms with van der Waals surface area (Å²) in [6.07, 6.45) is 6.42. The summed E-state index contributed by atoms with van der Waals surface area (Å²) in [6.45, 7) is 4.07. The molecule has 0 saturated carbocycles. The second-order valence-electron chi connectivity index (χ2n) is 7.25. The smallest absolute Gasteiger partial charge is 0.280 e. The van der Waals surface area contributed by atoms with Gasteiger partial charge in [-0.3, -0.25) is 15.5 Å². The van der Waals surface area contributed by atoms with Gasteiger partial charge >= 0.3 is 0 Å². The van der Waals surface area contributed by atoms with Crippen molar-refractivity contribution < 1.29 is 9.90 Å². The maximum Gasteiger partial charge on any atom is 0.280 e. The highest BCUT2D eigenvalue weighted by atomic mass is 35.5. The van der Waals surface area contributed by atoms with Gasteiger partial charge in [-0.2, -0.15) is 0 Å². The number of hydrogen-bond acceptors (Lipinski definition) is 8. The van der Waals surface area contributed by atoms with Crippen LogP contribution < -0.4 is 22.1 Å². The van der Waals surface area contributed by atoms with Crippen molar-refractivity contribution in [2.75, 3.05) is 44.3 Å². The molecule has 1 aromatic heterocycles. The van der Waals surface area contributed by atoms with E-state index in [0.29, 0.717) is 6.54 Å². The van der Waals surface area contributed by atoms with E-state index in [9.17, 15) is 4.79 Å². The molecule has 178 valence electrons. The second kappa shape index (κ2) is 15.3. The van der Waals surface area contributed by atoms with Gasteiger partial charge in [-0.1, -0.05) is 24.4 Å². The van der Waals surface area contributed by atoms with Gasteiger partial charge in [-0.15, -0.1) is 24.8 Å². The fourth-order valence-corrected chi connectivity index (χ4v) is 3.52. The molecule has 0 spiro atoms. The SMILES string of the molecule is Cl.Cl.N=C(NCCCCC1CCN(CCCO)CC1)NC(=O)c1nc(Cl)c(N)nc1N. The number of halogens is 3. The van der Waals surface area contributed by atoms with Gasteiger partial charge in [-0.25, -0.2) is 9.97 Å². The van der Waals surface area contributed by atoms with Gasteiger partial charge in [-0.05, 0) is 44.7 Å². The summed E-state index contributed by atoms with van der Waals surface area (Å²) in [5, 5.41) is 21.9. The highest BCUT2D eigenvalue weighted by Gasteiger charge is 2.19. The number of guanidine groups is 1. The highest BCUT2D eigenvalue weighted by molar-refractivity contribution is 6.31. The number of nitrogen functional groups attached to an aromatic ring is 2. The zero-order valence-electron chi connectivity index (χ0n) is 17.4. The van der Waals surface area contributed by atoms with Crippen molar-refractivity contribution in [3.8, 4) is 0 Å². The Labute approximate surface area is 200 Å². The third kappa shape index (κ3) is 10.0. The molecule has 1 amide bonds. The number of carbonyl (C=O) groups excluding carboxylic acids is 1. The third-order valence-electron chi connectivity index (χ3n) is 5.04. The van der Waals surface area contributed by atoms with Gasteiger partial charge < -0.3 is 26.8 Å². The normalized spacial score (nSPS) is 14.3. The summed E-state index contributed by atoms with van der Waals surface area (Å²) in [5.74, 6) is -0.232. The number of unbranched alkanes of at least 4 members (excludes halogenated alkanes) is 1. The van der Waals surface area contributed by atoms with E-state index in [1.807, 2.05) is 0 Å². The number of piperidine rings is 1. The Morgan fingerprint density at radius 2 is 1.84 bits per heavy atom. The molecule has 0 bridgehead atoms. The quantitative estimate of drug-likeness (QED) is 0.169. The van der Waals surface area contributed by atoms with Crippen LogP contribution in [0.25, 0.3) is 0 Å². The predicted octanol–water partition coefficient (Wildman–Crippen LogP) is 1.66. The lowest BCUT2D eigenvalue weighted by Crippen LogP contribution is -2.41. The number of rotatable bonds is 9. The monoisotopic (exact) mass is 498 g/mol. The number of aliphatic hydroxyl groups excluding tert-OH is 1. The number of nitrogens with zero attached hydrogens (tertiary/aromatic N) is 3. The minimum atomic E-state index is -0.664. The molecule has 1 saturated heterocycles. The Bertz CT molecular complexity index is 703. The second-order valence-corrected chi connectivity index (χ2v) is 7.61. The van der Waals surface area contributed by atoms with Crippen molar-refractivity contribution in [1.82, 2.24) is 25.5 Å². The van der Waals surface area contributed by atoms with Crippen LogP contribution in [0.1, 0.15) is 49.0 Å². The average Bonchev–Trinajstić information content (AvgIpc) is 2.69. The fraction of sp³-hybridized carbons (Fsp3) is 0.667. The lowest BCUT2D eigenvalue weighted by Gasteiger charge is -2.31. The first-order valence-electron chi connectivity index (χ1n) is 9.96. The van der Waals surface area contributed by atoms with Crippen LogP contribution >= 0.6 is 36.4 Å². The molecule has 8 N–H and O–H groups in total. The molecule has 0 aromatic carbocycles. The van der Waals surface area contributed by atoms with E-state index in [1.54, 1.807) is 0 Å². The maximum atomic E-state index is 12.1. The first kappa shape index (κ1) is 29.4. The van der Waals surface area contributed by atoms with Crippen LogP contribution in [-0.4, -0.2) is 64.6 Å². The summed E-state index contributed by atoms with van der Waals surface area (Å²) >= 11 is 5.76. The van der Waals surface area contributed by atoms with Crippen molar-refractivity contribution in [3.05, 3.63) is 10.8 Å². The van der Waals surface area contributed by atoms with Gasteiger partial charge in [0.25, 0.3) is 5.91 Å². The number of nitrogens with two attached hydrogens (primary N) is 2. The minimum Gasteiger partial charge on any atom is -0.396 e. The topological polar surface area (TPSA) is 166 Å². The molecule has 2 heterocycles. The largest absolute Gasteiger partial charge is 0.396 e. The lowest BCUT2D eigenvalue weighted by atomic mass is 9.91. The summed E-state index contributed by atoms with van der Waals surface area (Å²) < 4.78 is 0. The van der Waals surface area contributed by atoms with Gasteiger partial charge in [0, 0.05) is 19.7 Å². The molecule has 10 nitrogen and oxygen atoms in total. The van der Waals surface area contributed by atoms with Crippen LogP contribution in [0.15, 0.2) is 0 Å². The van der Waals surface area contributed by atoms with E-state index >= 15 is 0 Å². The Morgan fingerprint density at radius 1 is 1.16 bits per heavy atom. The van der Waals surface area contributed by atoms with Crippen LogP contribution in [0, 0.1) is 11.3 Å². The van der Waals surface area contributed by atoms with E-state index in [-0.39, 0.29) is 59.9 Å². The molecule has 13 heteroatoms. The molecular weight excluding hydrogens is 467 g/mol. The number of amides is 1. The average molecular weight is 500 g/mol. The number of hydrogen-bond donors (Lipinski definition) is 6. The fourth-order valence-electron chi connectivity index (χ4n) is 3.39. The lowest BCUT2D eigenvalue weighted by molar-refractivity contribution is 0.0971. The Morgan fingerprint density at radius 3 is 2.48 bits per heavy atom. The molecule has 0 atom stereocenters. The summed E-state index contributed by atoms with van der Waals surface area (Å²) in [6, 6.07) is 0. The molecule has 2 rings (SSSR count). The molecule has 0 aliphatic carbocycles. The third-order valence-corrected chi connectivity index (χ3v) is 5.32. The van der Waals surface area contributed by atoms with Crippen LogP contribution in [-0.2, 0) is 0 Å². The molecular formula is C18H33Cl3N8O2. The molecule has 0 radical (unpaired) electrons. The van der Waals surface area contributed by atoms with Crippen LogP contribution in [0.3, 0.4) is 0 Å². The van der Waals surface area contributed by atoms with Crippen LogP contribution in [0.2, 0.25) is 5.15 Å². The Balaban J connectivity index is 0.00000450. The van der Waals surface area contributed by atoms with E-state index in [0.717, 1.165) is 44.8 Å². The van der Waals surface area contributed by atoms with E-state index in [1.165, 1.54) is 19.3 Å². The Hall–Kier alpha value is -1.59. The summed E-state index contributed by atoms with van der Waals surface area (Å²) in [7, 11) is 0. The zero-order valence-corrected chi connectivity index (χ0v) is 19.8. The van der Waals surface area contributed by atoms with E-state index in [4.69, 9.17) is 33.6 Å². The zero-order chi connectivity index (χ0) is 21.2. The molecule has 0 unspecified atom stereocenters. The molecule has 1 aliphatic rings.